The van der Waals surface area contributed by atoms with Gasteiger partial charge in [-0.1, -0.05) is 12.1 Å². The first kappa shape index (κ1) is 14.3. The van der Waals surface area contributed by atoms with Crippen molar-refractivity contribution < 1.29 is 17.9 Å². The number of alkyl halides is 2. The van der Waals surface area contributed by atoms with Gasteiger partial charge >= 0.3 is 0 Å². The number of nitrogens with one attached hydrogen (secondary N) is 1. The number of benzene rings is 1. The molecule has 1 aliphatic rings. The van der Waals surface area contributed by atoms with E-state index in [4.69, 9.17) is 4.74 Å². The predicted octanol–water partition coefficient (Wildman–Crippen LogP) is 3.15. The maximum Gasteiger partial charge on any atom is 0.261 e. The Kier molecular flexibility index (Phi) is 5.22. The van der Waals surface area contributed by atoms with Gasteiger partial charge in [0.1, 0.15) is 12.4 Å². The maximum absolute atomic E-state index is 12.9. The molecule has 1 aromatic carbocycles. The summed E-state index contributed by atoms with van der Waals surface area (Å²) in [6.07, 6.45) is -0.129. The lowest BCUT2D eigenvalue weighted by molar-refractivity contribution is 0.0180. The van der Waals surface area contributed by atoms with Gasteiger partial charge in [-0.05, 0) is 36.5 Å². The quantitative estimate of drug-likeness (QED) is 0.735. The molecule has 106 valence electrons. The van der Waals surface area contributed by atoms with Crippen molar-refractivity contribution in [1.29, 1.82) is 0 Å². The summed E-state index contributed by atoms with van der Waals surface area (Å²) in [5.74, 6) is 0.305. The van der Waals surface area contributed by atoms with Gasteiger partial charge in [0.2, 0.25) is 0 Å². The largest absolute Gasteiger partial charge is 0.374 e. The minimum absolute atomic E-state index is 0.163. The van der Waals surface area contributed by atoms with Crippen molar-refractivity contribution >= 4 is 0 Å². The average molecular weight is 273 g/mol. The van der Waals surface area contributed by atoms with Crippen LogP contribution in [-0.4, -0.2) is 26.2 Å². The normalized spacial score (nSPS) is 16.8. The summed E-state index contributed by atoms with van der Waals surface area (Å²) >= 11 is 0. The van der Waals surface area contributed by atoms with Gasteiger partial charge < -0.3 is 10.1 Å². The highest BCUT2D eigenvalue weighted by Gasteiger charge is 2.31. The van der Waals surface area contributed by atoms with E-state index in [1.165, 1.54) is 12.1 Å². The zero-order valence-electron chi connectivity index (χ0n) is 10.6. The van der Waals surface area contributed by atoms with E-state index < -0.39 is 13.0 Å². The van der Waals surface area contributed by atoms with Gasteiger partial charge in [0.05, 0.1) is 6.61 Å². The van der Waals surface area contributed by atoms with Gasteiger partial charge in [0, 0.05) is 12.6 Å². The second-order valence-corrected chi connectivity index (χ2v) is 4.79. The SMILES string of the molecule is Fc1ccc(C(NCCOCC(F)F)C2CC2)cc1. The standard InChI is InChI=1S/C14H18F3NO/c15-12-5-3-11(4-6-12)14(10-1-2-10)18-7-8-19-9-13(16)17/h3-6,10,13-14,18H,1-2,7-9H2. The van der Waals surface area contributed by atoms with Crippen LogP contribution in [0.2, 0.25) is 0 Å². The Hall–Kier alpha value is -1.07. The van der Waals surface area contributed by atoms with Crippen molar-refractivity contribution in [2.45, 2.75) is 25.3 Å². The molecule has 1 N–H and O–H groups in total. The van der Waals surface area contributed by atoms with E-state index >= 15 is 0 Å². The molecule has 0 aromatic heterocycles. The van der Waals surface area contributed by atoms with Crippen LogP contribution in [0.5, 0.6) is 0 Å². The van der Waals surface area contributed by atoms with Gasteiger partial charge in [-0.2, -0.15) is 0 Å². The minimum atomic E-state index is -2.42. The van der Waals surface area contributed by atoms with Gasteiger partial charge in [0.15, 0.2) is 0 Å². The topological polar surface area (TPSA) is 21.3 Å². The van der Waals surface area contributed by atoms with E-state index in [0.29, 0.717) is 12.5 Å². The van der Waals surface area contributed by atoms with E-state index in [1.54, 1.807) is 12.1 Å². The highest BCUT2D eigenvalue weighted by molar-refractivity contribution is 5.21. The second kappa shape index (κ2) is 6.91. The Morgan fingerprint density at radius 3 is 2.47 bits per heavy atom. The first-order valence-electron chi connectivity index (χ1n) is 6.51. The van der Waals surface area contributed by atoms with Crippen LogP contribution in [0.25, 0.3) is 0 Å². The predicted molar refractivity (Wildman–Crippen MR) is 66.7 cm³/mol. The van der Waals surface area contributed by atoms with Crippen molar-refractivity contribution in [2.24, 2.45) is 5.92 Å². The first-order valence-corrected chi connectivity index (χ1v) is 6.51. The summed E-state index contributed by atoms with van der Waals surface area (Å²) in [5.41, 5.74) is 1.04. The maximum atomic E-state index is 12.9. The molecule has 2 nitrogen and oxygen atoms in total. The average Bonchev–Trinajstić information content (AvgIpc) is 3.19. The van der Waals surface area contributed by atoms with Crippen LogP contribution in [-0.2, 0) is 4.74 Å². The highest BCUT2D eigenvalue weighted by Crippen LogP contribution is 2.40. The Morgan fingerprint density at radius 2 is 1.89 bits per heavy atom. The van der Waals surface area contributed by atoms with E-state index in [0.717, 1.165) is 18.4 Å². The number of hydrogen-bond acceptors (Lipinski definition) is 2. The molecular formula is C14H18F3NO. The lowest BCUT2D eigenvalue weighted by atomic mass is 10.0. The Morgan fingerprint density at radius 1 is 1.21 bits per heavy atom. The number of ether oxygens (including phenoxy) is 1. The molecule has 5 heteroatoms. The van der Waals surface area contributed by atoms with E-state index in [-0.39, 0.29) is 18.5 Å². The molecule has 0 aliphatic heterocycles. The van der Waals surface area contributed by atoms with Crippen molar-refractivity contribution in [3.63, 3.8) is 0 Å². The fraction of sp³-hybridized carbons (Fsp3) is 0.571. The summed E-state index contributed by atoms with van der Waals surface area (Å²) in [4.78, 5) is 0. The summed E-state index contributed by atoms with van der Waals surface area (Å²) in [6, 6.07) is 6.59. The zero-order valence-corrected chi connectivity index (χ0v) is 10.6. The molecule has 0 amide bonds. The Bertz CT molecular complexity index is 379. The fourth-order valence-electron chi connectivity index (χ4n) is 2.12. The smallest absolute Gasteiger partial charge is 0.261 e. The fourth-order valence-corrected chi connectivity index (χ4v) is 2.12. The molecule has 19 heavy (non-hydrogen) atoms. The zero-order chi connectivity index (χ0) is 13.7. The molecule has 0 bridgehead atoms. The van der Waals surface area contributed by atoms with E-state index in [2.05, 4.69) is 5.32 Å². The van der Waals surface area contributed by atoms with Gasteiger partial charge in [0.25, 0.3) is 6.43 Å². The van der Waals surface area contributed by atoms with Crippen LogP contribution >= 0.6 is 0 Å². The summed E-state index contributed by atoms with van der Waals surface area (Å²) in [7, 11) is 0. The van der Waals surface area contributed by atoms with Gasteiger partial charge in [-0.25, -0.2) is 13.2 Å². The molecule has 1 unspecified atom stereocenters. The number of halogens is 3. The molecule has 0 saturated heterocycles. The van der Waals surface area contributed by atoms with Crippen LogP contribution < -0.4 is 5.32 Å². The van der Waals surface area contributed by atoms with Crippen LogP contribution in [0.15, 0.2) is 24.3 Å². The molecular weight excluding hydrogens is 255 g/mol. The Labute approximate surface area is 111 Å². The van der Waals surface area contributed by atoms with Crippen LogP contribution in [0.3, 0.4) is 0 Å². The lowest BCUT2D eigenvalue weighted by Crippen LogP contribution is -2.27. The summed E-state index contributed by atoms with van der Waals surface area (Å²) in [5, 5.41) is 3.30. The minimum Gasteiger partial charge on any atom is -0.374 e. The third kappa shape index (κ3) is 4.84. The van der Waals surface area contributed by atoms with Crippen LogP contribution in [0.4, 0.5) is 13.2 Å². The monoisotopic (exact) mass is 273 g/mol. The van der Waals surface area contributed by atoms with Crippen molar-refractivity contribution in [3.8, 4) is 0 Å². The first-order chi connectivity index (χ1) is 9.16. The summed E-state index contributed by atoms with van der Waals surface area (Å²) in [6.45, 7) is 0.256. The molecule has 1 aliphatic carbocycles. The van der Waals surface area contributed by atoms with Gasteiger partial charge in [-0.15, -0.1) is 0 Å². The third-order valence-electron chi connectivity index (χ3n) is 3.18. The van der Waals surface area contributed by atoms with Gasteiger partial charge in [-0.3, -0.25) is 0 Å². The molecule has 2 rings (SSSR count). The molecule has 0 radical (unpaired) electrons. The lowest BCUT2D eigenvalue weighted by Gasteiger charge is -2.18. The van der Waals surface area contributed by atoms with E-state index in [1.807, 2.05) is 0 Å². The van der Waals surface area contributed by atoms with Crippen molar-refractivity contribution in [1.82, 2.24) is 5.32 Å². The molecule has 0 heterocycles. The van der Waals surface area contributed by atoms with E-state index in [9.17, 15) is 13.2 Å². The highest BCUT2D eigenvalue weighted by atomic mass is 19.3. The number of rotatable bonds is 8. The van der Waals surface area contributed by atoms with Crippen LogP contribution in [0, 0.1) is 11.7 Å². The second-order valence-electron chi connectivity index (χ2n) is 4.79. The van der Waals surface area contributed by atoms with Crippen LogP contribution in [0.1, 0.15) is 24.4 Å². The Balaban J connectivity index is 1.78. The molecule has 1 aromatic rings. The molecule has 1 saturated carbocycles. The molecule has 0 spiro atoms. The third-order valence-corrected chi connectivity index (χ3v) is 3.18. The molecule has 1 atom stereocenters. The molecule has 1 fully saturated rings. The number of hydrogen-bond donors (Lipinski definition) is 1. The van der Waals surface area contributed by atoms with Crippen molar-refractivity contribution in [2.75, 3.05) is 19.8 Å². The summed E-state index contributed by atoms with van der Waals surface area (Å²) < 4.78 is 41.5. The van der Waals surface area contributed by atoms with Crippen molar-refractivity contribution in [3.05, 3.63) is 35.6 Å².